The molecule has 0 amide bonds. The first-order valence-electron chi connectivity index (χ1n) is 12.0. The number of amidine groups is 1. The molecule has 1 aromatic rings. The zero-order chi connectivity index (χ0) is 22.4. The molecule has 2 aliphatic heterocycles. The van der Waals surface area contributed by atoms with Crippen molar-refractivity contribution in [1.29, 1.82) is 0 Å². The van der Waals surface area contributed by atoms with Crippen molar-refractivity contribution in [1.82, 2.24) is 14.2 Å². The van der Waals surface area contributed by atoms with Crippen molar-refractivity contribution in [3.05, 3.63) is 24.3 Å². The minimum Gasteiger partial charge on any atom is -0.497 e. The molecule has 6 nitrogen and oxygen atoms in total. The second-order valence-corrected chi connectivity index (χ2v) is 11.8. The predicted octanol–water partition coefficient (Wildman–Crippen LogP) is 5.97. The Bertz CT molecular complexity index is 758. The Labute approximate surface area is 189 Å². The highest BCUT2D eigenvalue weighted by Gasteiger charge is 2.47. The van der Waals surface area contributed by atoms with Crippen LogP contribution in [0, 0.1) is 0 Å². The molecule has 0 spiro atoms. The van der Waals surface area contributed by atoms with Gasteiger partial charge in [0.1, 0.15) is 5.75 Å². The minimum atomic E-state index is -3.07. The third-order valence-electron chi connectivity index (χ3n) is 6.29. The van der Waals surface area contributed by atoms with Gasteiger partial charge in [-0.3, -0.25) is 4.57 Å². The number of ether oxygens (including phenoxy) is 1. The molecule has 31 heavy (non-hydrogen) atoms. The summed E-state index contributed by atoms with van der Waals surface area (Å²) in [6.45, 7) is 12.3. The van der Waals surface area contributed by atoms with Crippen molar-refractivity contribution >= 4 is 18.7 Å². The molecule has 0 saturated carbocycles. The third kappa shape index (κ3) is 5.53. The van der Waals surface area contributed by atoms with Gasteiger partial charge >= 0.3 is 0 Å². The highest BCUT2D eigenvalue weighted by atomic mass is 31.2. The largest absolute Gasteiger partial charge is 0.497 e. The van der Waals surface area contributed by atoms with Crippen LogP contribution < -0.4 is 4.74 Å². The summed E-state index contributed by atoms with van der Waals surface area (Å²) in [6, 6.07) is 8.14. The second-order valence-electron chi connectivity index (χ2n) is 9.28. The van der Waals surface area contributed by atoms with E-state index < -0.39 is 7.44 Å². The van der Waals surface area contributed by atoms with Crippen LogP contribution in [0.3, 0.4) is 0 Å². The van der Waals surface area contributed by atoms with Gasteiger partial charge in [0.2, 0.25) is 0 Å². The Morgan fingerprint density at radius 3 is 1.90 bits per heavy atom. The van der Waals surface area contributed by atoms with Crippen molar-refractivity contribution in [2.45, 2.75) is 78.3 Å². The van der Waals surface area contributed by atoms with Crippen LogP contribution in [-0.2, 0) is 4.57 Å². The van der Waals surface area contributed by atoms with Crippen LogP contribution in [0.15, 0.2) is 29.3 Å². The molecule has 0 N–H and O–H groups in total. The van der Waals surface area contributed by atoms with E-state index >= 15 is 4.57 Å². The Morgan fingerprint density at radius 1 is 0.903 bits per heavy atom. The van der Waals surface area contributed by atoms with Gasteiger partial charge in [0.05, 0.1) is 12.8 Å². The van der Waals surface area contributed by atoms with E-state index in [1.54, 1.807) is 7.11 Å². The van der Waals surface area contributed by atoms with Crippen molar-refractivity contribution in [2.24, 2.45) is 4.99 Å². The summed E-state index contributed by atoms with van der Waals surface area (Å²) in [6.07, 6.45) is 6.91. The molecule has 2 heterocycles. The molecule has 2 aliphatic rings. The number of piperidine rings is 2. The quantitative estimate of drug-likeness (QED) is 0.292. The first-order valence-corrected chi connectivity index (χ1v) is 13.6. The lowest BCUT2D eigenvalue weighted by atomic mass is 10.1. The molecule has 0 aliphatic carbocycles. The first-order chi connectivity index (χ1) is 14.9. The summed E-state index contributed by atoms with van der Waals surface area (Å²) >= 11 is 0. The zero-order valence-corrected chi connectivity index (χ0v) is 21.0. The fraction of sp³-hybridized carbons (Fsp3) is 0.708. The molecular weight excluding hydrogens is 407 g/mol. The van der Waals surface area contributed by atoms with Crippen LogP contribution in [0.2, 0.25) is 0 Å². The first kappa shape index (κ1) is 24.3. The molecular formula is C24H41N4O2P. The van der Waals surface area contributed by atoms with Gasteiger partial charge in [0.25, 0.3) is 7.44 Å². The lowest BCUT2D eigenvalue weighted by molar-refractivity contribution is 0.249. The fourth-order valence-electron chi connectivity index (χ4n) is 4.93. The predicted molar refractivity (Wildman–Crippen MR) is 131 cm³/mol. The molecule has 1 aromatic carbocycles. The van der Waals surface area contributed by atoms with Crippen LogP contribution >= 0.6 is 7.44 Å². The van der Waals surface area contributed by atoms with E-state index in [0.717, 1.165) is 68.9 Å². The third-order valence-corrected chi connectivity index (χ3v) is 9.91. The number of benzene rings is 1. The Morgan fingerprint density at radius 2 is 1.42 bits per heavy atom. The topological polar surface area (TPSA) is 48.4 Å². The van der Waals surface area contributed by atoms with Crippen LogP contribution in [0.1, 0.15) is 66.2 Å². The second kappa shape index (κ2) is 11.0. The standard InChI is InChI=1S/C24H41N4O2P/c1-20(2)28(21(3)4)31(29,27-18-10-7-11-19-27)24(26-16-8-6-9-17-26)25-22-12-14-23(30-5)15-13-22/h12-15,20-21H,6-11,16-19H2,1-5H3/t31-/m1/s1. The maximum absolute atomic E-state index is 15.3. The summed E-state index contributed by atoms with van der Waals surface area (Å²) < 4.78 is 25.2. The Balaban J connectivity index is 2.15. The summed E-state index contributed by atoms with van der Waals surface area (Å²) in [5.41, 5.74) is 1.62. The Kier molecular flexibility index (Phi) is 8.60. The van der Waals surface area contributed by atoms with Crippen LogP contribution in [-0.4, -0.2) is 65.2 Å². The summed E-state index contributed by atoms with van der Waals surface area (Å²) in [4.78, 5) is 7.45. The minimum absolute atomic E-state index is 0.165. The van der Waals surface area contributed by atoms with Gasteiger partial charge in [0.15, 0.2) is 5.58 Å². The summed E-state index contributed by atoms with van der Waals surface area (Å²) in [5, 5.41) is 0. The van der Waals surface area contributed by atoms with Gasteiger partial charge in [0, 0.05) is 38.3 Å². The number of nitrogens with zero attached hydrogens (tertiary/aromatic N) is 4. The average Bonchev–Trinajstić information content (AvgIpc) is 2.78. The van der Waals surface area contributed by atoms with Crippen LogP contribution in [0.5, 0.6) is 5.75 Å². The van der Waals surface area contributed by atoms with E-state index in [0.29, 0.717) is 0 Å². The normalized spacial score (nSPS) is 21.0. The lowest BCUT2D eigenvalue weighted by Gasteiger charge is -2.47. The number of methoxy groups -OCH3 is 1. The monoisotopic (exact) mass is 448 g/mol. The van der Waals surface area contributed by atoms with Crippen LogP contribution in [0.4, 0.5) is 5.69 Å². The number of rotatable bonds is 7. The molecule has 1 atom stereocenters. The molecule has 2 saturated heterocycles. The van der Waals surface area contributed by atoms with E-state index in [4.69, 9.17) is 9.73 Å². The highest BCUT2D eigenvalue weighted by molar-refractivity contribution is 7.76. The van der Waals surface area contributed by atoms with Crippen molar-refractivity contribution in [2.75, 3.05) is 33.3 Å². The highest BCUT2D eigenvalue weighted by Crippen LogP contribution is 2.59. The SMILES string of the molecule is COc1ccc(N=C(N2CCCCC2)[P@@](=O)(N2CCCCC2)N(C(C)C)C(C)C)cc1. The number of likely N-dealkylation sites (tertiary alicyclic amines) is 1. The molecule has 174 valence electrons. The lowest BCUT2D eigenvalue weighted by Crippen LogP contribution is -2.49. The zero-order valence-electron chi connectivity index (χ0n) is 20.1. The van der Waals surface area contributed by atoms with Crippen molar-refractivity contribution in [3.8, 4) is 5.75 Å². The molecule has 0 aromatic heterocycles. The van der Waals surface area contributed by atoms with Gasteiger partial charge in [-0.15, -0.1) is 0 Å². The summed E-state index contributed by atoms with van der Waals surface area (Å²) in [5.74, 6) is 0.809. The van der Waals surface area contributed by atoms with Crippen molar-refractivity contribution < 1.29 is 9.30 Å². The maximum Gasteiger partial charge on any atom is 0.280 e. The van der Waals surface area contributed by atoms with E-state index in [2.05, 4.69) is 41.9 Å². The molecule has 0 unspecified atom stereocenters. The molecule has 7 heteroatoms. The van der Waals surface area contributed by atoms with Crippen LogP contribution in [0.25, 0.3) is 0 Å². The average molecular weight is 449 g/mol. The van der Waals surface area contributed by atoms with Gasteiger partial charge in [-0.1, -0.05) is 6.42 Å². The number of aliphatic imine (C=N–C) groups is 1. The van der Waals surface area contributed by atoms with E-state index in [9.17, 15) is 0 Å². The summed E-state index contributed by atoms with van der Waals surface area (Å²) in [7, 11) is -1.40. The maximum atomic E-state index is 15.3. The number of hydrogen-bond donors (Lipinski definition) is 0. The smallest absolute Gasteiger partial charge is 0.280 e. The van der Waals surface area contributed by atoms with E-state index in [1.807, 2.05) is 24.3 Å². The van der Waals surface area contributed by atoms with Gasteiger partial charge in [-0.2, -0.15) is 0 Å². The Hall–Kier alpha value is -1.36. The van der Waals surface area contributed by atoms with E-state index in [-0.39, 0.29) is 12.1 Å². The van der Waals surface area contributed by atoms with Crippen molar-refractivity contribution in [3.63, 3.8) is 0 Å². The van der Waals surface area contributed by atoms with E-state index in [1.165, 1.54) is 12.8 Å². The van der Waals surface area contributed by atoms with Gasteiger partial charge in [-0.05, 0) is 84.1 Å². The molecule has 0 bridgehead atoms. The van der Waals surface area contributed by atoms with Gasteiger partial charge < -0.3 is 9.64 Å². The molecule has 2 fully saturated rings. The van der Waals surface area contributed by atoms with Gasteiger partial charge in [-0.25, -0.2) is 14.3 Å². The molecule has 3 rings (SSSR count). The number of hydrogen-bond acceptors (Lipinski definition) is 3. The molecule has 0 radical (unpaired) electrons. The fourth-order valence-corrected chi connectivity index (χ4v) is 8.58.